The molecule has 2 N–H and O–H groups in total. The molecule has 0 aliphatic carbocycles. The third-order valence-corrected chi connectivity index (χ3v) is 4.54. The highest BCUT2D eigenvalue weighted by Crippen LogP contribution is 2.38. The van der Waals surface area contributed by atoms with Crippen molar-refractivity contribution in [1.82, 2.24) is 10.6 Å². The Labute approximate surface area is 170 Å². The van der Waals surface area contributed by atoms with E-state index in [1.54, 1.807) is 6.07 Å². The van der Waals surface area contributed by atoms with Crippen LogP contribution in [0.2, 0.25) is 5.02 Å². The Balaban J connectivity index is 1.30. The van der Waals surface area contributed by atoms with Gasteiger partial charge in [-0.15, -0.1) is 0 Å². The van der Waals surface area contributed by atoms with Crippen LogP contribution in [0.25, 0.3) is 0 Å². The smallest absolute Gasteiger partial charge is 0.315 e. The summed E-state index contributed by atoms with van der Waals surface area (Å²) >= 11 is 6.20. The van der Waals surface area contributed by atoms with Gasteiger partial charge >= 0.3 is 6.03 Å². The SMILES string of the molecule is Cc1ccc(OCCCCNC(=O)NCc2cc(Cl)c3c(c2)OCCO3)cc1. The maximum atomic E-state index is 11.9. The summed E-state index contributed by atoms with van der Waals surface area (Å²) in [6.45, 7) is 4.60. The molecule has 0 aromatic heterocycles. The number of benzene rings is 2. The summed E-state index contributed by atoms with van der Waals surface area (Å²) in [5.41, 5.74) is 2.07. The summed E-state index contributed by atoms with van der Waals surface area (Å²) in [7, 11) is 0. The van der Waals surface area contributed by atoms with Crippen molar-refractivity contribution in [2.24, 2.45) is 0 Å². The molecule has 0 radical (unpaired) electrons. The normalized spacial score (nSPS) is 12.4. The first-order valence-electron chi connectivity index (χ1n) is 9.41. The number of carbonyl (C=O) groups is 1. The van der Waals surface area contributed by atoms with E-state index in [1.807, 2.05) is 37.3 Å². The van der Waals surface area contributed by atoms with Gasteiger partial charge in [0.2, 0.25) is 0 Å². The topological polar surface area (TPSA) is 68.8 Å². The molecular formula is C21H25ClN2O4. The summed E-state index contributed by atoms with van der Waals surface area (Å²) < 4.78 is 16.7. The molecule has 0 atom stereocenters. The molecular weight excluding hydrogens is 380 g/mol. The van der Waals surface area contributed by atoms with E-state index in [4.69, 9.17) is 25.8 Å². The Bertz CT molecular complexity index is 796. The van der Waals surface area contributed by atoms with Gasteiger partial charge in [-0.1, -0.05) is 29.3 Å². The van der Waals surface area contributed by atoms with Crippen LogP contribution in [0.5, 0.6) is 17.2 Å². The average Bonchev–Trinajstić information content (AvgIpc) is 2.70. The number of ether oxygens (including phenoxy) is 3. The molecule has 0 unspecified atom stereocenters. The molecule has 0 saturated heterocycles. The van der Waals surface area contributed by atoms with Crippen LogP contribution in [0, 0.1) is 6.92 Å². The molecule has 1 aliphatic rings. The number of urea groups is 1. The number of hydrogen-bond donors (Lipinski definition) is 2. The van der Waals surface area contributed by atoms with Crippen molar-refractivity contribution in [2.45, 2.75) is 26.3 Å². The van der Waals surface area contributed by atoms with Crippen LogP contribution in [0.3, 0.4) is 0 Å². The maximum Gasteiger partial charge on any atom is 0.315 e. The Kier molecular flexibility index (Phi) is 7.25. The number of carbonyl (C=O) groups excluding carboxylic acids is 1. The van der Waals surface area contributed by atoms with Gasteiger partial charge in [-0.2, -0.15) is 0 Å². The molecule has 6 nitrogen and oxygen atoms in total. The van der Waals surface area contributed by atoms with Gasteiger partial charge in [0.25, 0.3) is 0 Å². The molecule has 150 valence electrons. The van der Waals surface area contributed by atoms with Crippen LogP contribution < -0.4 is 24.8 Å². The van der Waals surface area contributed by atoms with Crippen LogP contribution in [0.1, 0.15) is 24.0 Å². The number of fused-ring (bicyclic) bond motifs is 1. The van der Waals surface area contributed by atoms with Gasteiger partial charge in [0.15, 0.2) is 11.5 Å². The number of amides is 2. The first-order chi connectivity index (χ1) is 13.6. The highest BCUT2D eigenvalue weighted by atomic mass is 35.5. The molecule has 7 heteroatoms. The molecule has 1 heterocycles. The zero-order valence-corrected chi connectivity index (χ0v) is 16.7. The molecule has 0 spiro atoms. The van der Waals surface area contributed by atoms with Crippen molar-refractivity contribution in [2.75, 3.05) is 26.4 Å². The monoisotopic (exact) mass is 404 g/mol. The van der Waals surface area contributed by atoms with E-state index in [0.29, 0.717) is 49.4 Å². The first kappa shape index (κ1) is 20.1. The zero-order chi connectivity index (χ0) is 19.8. The van der Waals surface area contributed by atoms with E-state index in [2.05, 4.69) is 10.6 Å². The number of aryl methyl sites for hydroxylation is 1. The van der Waals surface area contributed by atoms with Crippen molar-refractivity contribution in [1.29, 1.82) is 0 Å². The third-order valence-electron chi connectivity index (χ3n) is 4.26. The van der Waals surface area contributed by atoms with E-state index < -0.39 is 0 Å². The minimum absolute atomic E-state index is 0.217. The highest BCUT2D eigenvalue weighted by molar-refractivity contribution is 6.32. The molecule has 0 fully saturated rings. The zero-order valence-electron chi connectivity index (χ0n) is 15.9. The maximum absolute atomic E-state index is 11.9. The lowest BCUT2D eigenvalue weighted by atomic mass is 10.2. The second kappa shape index (κ2) is 10.1. The standard InChI is InChI=1S/C21H25ClN2O4/c1-15-4-6-17(7-5-15)26-9-3-2-8-23-21(25)24-14-16-12-18(22)20-19(13-16)27-10-11-28-20/h4-7,12-13H,2-3,8-11,14H2,1H3,(H2,23,24,25). The number of hydrogen-bond acceptors (Lipinski definition) is 4. The summed E-state index contributed by atoms with van der Waals surface area (Å²) in [5, 5.41) is 6.15. The number of nitrogens with one attached hydrogen (secondary N) is 2. The average molecular weight is 405 g/mol. The van der Waals surface area contributed by atoms with E-state index >= 15 is 0 Å². The van der Waals surface area contributed by atoms with E-state index in [0.717, 1.165) is 24.2 Å². The number of unbranched alkanes of at least 4 members (excludes halogenated alkanes) is 1. The van der Waals surface area contributed by atoms with Crippen LogP contribution >= 0.6 is 11.6 Å². The van der Waals surface area contributed by atoms with Crippen molar-refractivity contribution in [3.8, 4) is 17.2 Å². The predicted molar refractivity (Wildman–Crippen MR) is 109 cm³/mol. The summed E-state index contributed by atoms with van der Waals surface area (Å²) in [6.07, 6.45) is 1.71. The van der Waals surface area contributed by atoms with Crippen LogP contribution in [0.15, 0.2) is 36.4 Å². The van der Waals surface area contributed by atoms with Gasteiger partial charge < -0.3 is 24.8 Å². The summed E-state index contributed by atoms with van der Waals surface area (Å²) in [4.78, 5) is 11.9. The van der Waals surface area contributed by atoms with Gasteiger partial charge in [-0.05, 0) is 49.6 Å². The second-order valence-electron chi connectivity index (χ2n) is 6.58. The first-order valence-corrected chi connectivity index (χ1v) is 9.79. The van der Waals surface area contributed by atoms with E-state index in [-0.39, 0.29) is 6.03 Å². The van der Waals surface area contributed by atoms with Crippen molar-refractivity contribution >= 4 is 17.6 Å². The molecule has 0 saturated carbocycles. The van der Waals surface area contributed by atoms with Gasteiger partial charge in [-0.25, -0.2) is 4.79 Å². The Morgan fingerprint density at radius 1 is 1.11 bits per heavy atom. The molecule has 28 heavy (non-hydrogen) atoms. The lowest BCUT2D eigenvalue weighted by Crippen LogP contribution is -2.35. The molecule has 1 aliphatic heterocycles. The molecule has 2 aromatic carbocycles. The highest BCUT2D eigenvalue weighted by Gasteiger charge is 2.16. The molecule has 2 amide bonds. The molecule has 2 aromatic rings. The van der Waals surface area contributed by atoms with Gasteiger partial charge in [0.1, 0.15) is 19.0 Å². The Morgan fingerprint density at radius 2 is 1.89 bits per heavy atom. The summed E-state index contributed by atoms with van der Waals surface area (Å²) in [5.74, 6) is 2.05. The third kappa shape index (κ3) is 5.96. The lowest BCUT2D eigenvalue weighted by Gasteiger charge is -2.20. The largest absolute Gasteiger partial charge is 0.494 e. The predicted octanol–water partition coefficient (Wildman–Crippen LogP) is 4.08. The molecule has 3 rings (SSSR count). The minimum atomic E-state index is -0.217. The fourth-order valence-corrected chi connectivity index (χ4v) is 3.05. The van der Waals surface area contributed by atoms with Crippen LogP contribution in [-0.2, 0) is 6.54 Å². The number of halogens is 1. The van der Waals surface area contributed by atoms with E-state index in [9.17, 15) is 4.79 Å². The molecule has 0 bridgehead atoms. The quantitative estimate of drug-likeness (QED) is 0.650. The van der Waals surface area contributed by atoms with Gasteiger partial charge in [-0.3, -0.25) is 0 Å². The lowest BCUT2D eigenvalue weighted by molar-refractivity contribution is 0.171. The second-order valence-corrected chi connectivity index (χ2v) is 6.99. The van der Waals surface area contributed by atoms with Gasteiger partial charge in [0.05, 0.1) is 11.6 Å². The fraction of sp³-hybridized carbons (Fsp3) is 0.381. The van der Waals surface area contributed by atoms with Crippen molar-refractivity contribution in [3.63, 3.8) is 0 Å². The Hall–Kier alpha value is -2.60. The van der Waals surface area contributed by atoms with Crippen molar-refractivity contribution in [3.05, 3.63) is 52.5 Å². The van der Waals surface area contributed by atoms with E-state index in [1.165, 1.54) is 5.56 Å². The van der Waals surface area contributed by atoms with Gasteiger partial charge in [0, 0.05) is 13.1 Å². The van der Waals surface area contributed by atoms with Crippen LogP contribution in [-0.4, -0.2) is 32.4 Å². The fourth-order valence-electron chi connectivity index (χ4n) is 2.76. The Morgan fingerprint density at radius 3 is 2.71 bits per heavy atom. The summed E-state index contributed by atoms with van der Waals surface area (Å²) in [6, 6.07) is 11.4. The van der Waals surface area contributed by atoms with Crippen molar-refractivity contribution < 1.29 is 19.0 Å². The van der Waals surface area contributed by atoms with Crippen LogP contribution in [0.4, 0.5) is 4.79 Å². The number of rotatable bonds is 8. The minimum Gasteiger partial charge on any atom is -0.494 e.